The summed E-state index contributed by atoms with van der Waals surface area (Å²) in [5.41, 5.74) is 2.57. The minimum atomic E-state index is -0.499. The maximum atomic E-state index is 12.5. The van der Waals surface area contributed by atoms with Crippen LogP contribution in [0.3, 0.4) is 0 Å². The smallest absolute Gasteiger partial charge is 0.363 e. The molecule has 168 valence electrons. The highest BCUT2D eigenvalue weighted by molar-refractivity contribution is 6.31. The van der Waals surface area contributed by atoms with E-state index in [9.17, 15) is 4.79 Å². The molecule has 0 bridgehead atoms. The van der Waals surface area contributed by atoms with E-state index in [0.29, 0.717) is 23.1 Å². The van der Waals surface area contributed by atoms with Crippen LogP contribution >= 0.6 is 11.6 Å². The van der Waals surface area contributed by atoms with E-state index in [0.717, 1.165) is 27.5 Å². The number of carbonyl (C=O) groups is 1. The Morgan fingerprint density at radius 1 is 0.912 bits per heavy atom. The molecule has 4 aromatic carbocycles. The number of cyclic esters (lactones) is 1. The van der Waals surface area contributed by atoms with Crippen molar-refractivity contribution >= 4 is 40.3 Å². The highest BCUT2D eigenvalue weighted by Gasteiger charge is 2.24. The van der Waals surface area contributed by atoms with Gasteiger partial charge in [-0.05, 0) is 52.7 Å². The summed E-state index contributed by atoms with van der Waals surface area (Å²) in [6.07, 6.45) is 1.66. The third-order valence-electron chi connectivity index (χ3n) is 5.45. The first kappa shape index (κ1) is 21.7. The van der Waals surface area contributed by atoms with Crippen molar-refractivity contribution in [1.29, 1.82) is 0 Å². The molecule has 0 unspecified atom stereocenters. The number of methoxy groups -OCH3 is 1. The second kappa shape index (κ2) is 9.41. The van der Waals surface area contributed by atoms with Gasteiger partial charge < -0.3 is 14.2 Å². The van der Waals surface area contributed by atoms with E-state index >= 15 is 0 Å². The fourth-order valence-electron chi connectivity index (χ4n) is 3.68. The summed E-state index contributed by atoms with van der Waals surface area (Å²) in [6, 6.07) is 26.7. The Balaban J connectivity index is 1.38. The van der Waals surface area contributed by atoms with Crippen molar-refractivity contribution < 1.29 is 19.0 Å². The van der Waals surface area contributed by atoms with Crippen LogP contribution in [-0.4, -0.2) is 19.0 Å². The molecule has 4 aromatic rings. The van der Waals surface area contributed by atoms with E-state index in [1.807, 2.05) is 72.8 Å². The van der Waals surface area contributed by atoms with E-state index in [-0.39, 0.29) is 11.6 Å². The van der Waals surface area contributed by atoms with Crippen molar-refractivity contribution in [2.45, 2.75) is 6.61 Å². The predicted octanol–water partition coefficient (Wildman–Crippen LogP) is 6.43. The number of benzene rings is 4. The minimum absolute atomic E-state index is 0.218. The summed E-state index contributed by atoms with van der Waals surface area (Å²) in [5.74, 6) is 0.889. The van der Waals surface area contributed by atoms with Gasteiger partial charge in [0, 0.05) is 16.1 Å². The number of carbonyl (C=O) groups excluding carboxylic acids is 1. The van der Waals surface area contributed by atoms with E-state index in [2.05, 4.69) is 4.99 Å². The number of ether oxygens (including phenoxy) is 3. The topological polar surface area (TPSA) is 57.1 Å². The Morgan fingerprint density at radius 3 is 2.53 bits per heavy atom. The van der Waals surface area contributed by atoms with Gasteiger partial charge in [-0.1, -0.05) is 66.2 Å². The Hall–Kier alpha value is -4.09. The van der Waals surface area contributed by atoms with Crippen LogP contribution in [-0.2, 0) is 16.1 Å². The van der Waals surface area contributed by atoms with Gasteiger partial charge in [0.15, 0.2) is 17.2 Å². The van der Waals surface area contributed by atoms with Crippen LogP contribution in [0.2, 0.25) is 5.02 Å². The second-order valence-corrected chi connectivity index (χ2v) is 8.10. The molecule has 5 nitrogen and oxygen atoms in total. The molecule has 0 aromatic heterocycles. The lowest BCUT2D eigenvalue weighted by molar-refractivity contribution is -0.129. The van der Waals surface area contributed by atoms with Crippen LogP contribution < -0.4 is 9.47 Å². The molecule has 0 spiro atoms. The van der Waals surface area contributed by atoms with Gasteiger partial charge >= 0.3 is 5.97 Å². The zero-order valence-corrected chi connectivity index (χ0v) is 19.1. The summed E-state index contributed by atoms with van der Waals surface area (Å²) in [5, 5.41) is 2.80. The summed E-state index contributed by atoms with van der Waals surface area (Å²) in [7, 11) is 1.56. The van der Waals surface area contributed by atoms with Gasteiger partial charge in [0.1, 0.15) is 6.61 Å². The molecule has 5 rings (SSSR count). The van der Waals surface area contributed by atoms with Crippen LogP contribution in [0, 0.1) is 0 Å². The molecule has 0 saturated heterocycles. The maximum absolute atomic E-state index is 12.5. The number of aliphatic imine (C=N–C) groups is 1. The van der Waals surface area contributed by atoms with Crippen LogP contribution in [0.1, 0.15) is 16.7 Å². The van der Waals surface area contributed by atoms with E-state index in [1.54, 1.807) is 25.3 Å². The quantitative estimate of drug-likeness (QED) is 0.241. The van der Waals surface area contributed by atoms with E-state index in [4.69, 9.17) is 25.8 Å². The Morgan fingerprint density at radius 2 is 1.71 bits per heavy atom. The first-order valence-corrected chi connectivity index (χ1v) is 11.0. The fraction of sp³-hybridized carbons (Fsp3) is 0.0714. The summed E-state index contributed by atoms with van der Waals surface area (Å²) in [6.45, 7) is 0.308. The van der Waals surface area contributed by atoms with Crippen LogP contribution in [0.15, 0.2) is 95.6 Å². The molecule has 6 heteroatoms. The Bertz CT molecular complexity index is 1460. The molecule has 0 saturated carbocycles. The van der Waals surface area contributed by atoms with Gasteiger partial charge in [0.2, 0.25) is 5.90 Å². The van der Waals surface area contributed by atoms with Crippen LogP contribution in [0.25, 0.3) is 16.8 Å². The van der Waals surface area contributed by atoms with Gasteiger partial charge in [-0.3, -0.25) is 0 Å². The lowest BCUT2D eigenvalue weighted by Crippen LogP contribution is -2.05. The highest BCUT2D eigenvalue weighted by Crippen LogP contribution is 2.31. The average molecular weight is 470 g/mol. The molecular weight excluding hydrogens is 450 g/mol. The van der Waals surface area contributed by atoms with E-state index in [1.165, 1.54) is 0 Å². The number of hydrogen-bond donors (Lipinski definition) is 0. The van der Waals surface area contributed by atoms with Gasteiger partial charge in [-0.15, -0.1) is 0 Å². The van der Waals surface area contributed by atoms with Gasteiger partial charge in [0.05, 0.1) is 7.11 Å². The van der Waals surface area contributed by atoms with Crippen molar-refractivity contribution in [3.63, 3.8) is 0 Å². The molecule has 0 fully saturated rings. The largest absolute Gasteiger partial charge is 0.493 e. The number of esters is 1. The Kier molecular flexibility index (Phi) is 6.02. The van der Waals surface area contributed by atoms with Gasteiger partial charge in [-0.25, -0.2) is 9.79 Å². The normalized spacial score (nSPS) is 14.2. The zero-order valence-electron chi connectivity index (χ0n) is 18.3. The third-order valence-corrected chi connectivity index (χ3v) is 5.82. The first-order chi connectivity index (χ1) is 16.6. The molecule has 1 aliphatic heterocycles. The number of hydrogen-bond acceptors (Lipinski definition) is 5. The number of fused-ring (bicyclic) bond motifs is 1. The van der Waals surface area contributed by atoms with Gasteiger partial charge in [0.25, 0.3) is 0 Å². The highest BCUT2D eigenvalue weighted by atomic mass is 35.5. The molecule has 34 heavy (non-hydrogen) atoms. The van der Waals surface area contributed by atoms with Crippen molar-refractivity contribution in [2.24, 2.45) is 4.99 Å². The van der Waals surface area contributed by atoms with Crippen LogP contribution in [0.4, 0.5) is 0 Å². The third kappa shape index (κ3) is 4.51. The molecule has 1 aliphatic rings. The van der Waals surface area contributed by atoms with Crippen molar-refractivity contribution in [3.8, 4) is 11.5 Å². The van der Waals surface area contributed by atoms with Crippen molar-refractivity contribution in [1.82, 2.24) is 0 Å². The van der Waals surface area contributed by atoms with Crippen molar-refractivity contribution in [3.05, 3.63) is 112 Å². The predicted molar refractivity (Wildman–Crippen MR) is 133 cm³/mol. The maximum Gasteiger partial charge on any atom is 0.363 e. The Labute approximate surface area is 201 Å². The first-order valence-electron chi connectivity index (χ1n) is 10.7. The SMILES string of the molecule is COc1cc(/C=C2\N=C(c3ccc4ccccc4c3)OC2=O)ccc1OCc1ccccc1Cl. The molecule has 0 amide bonds. The van der Waals surface area contributed by atoms with E-state index < -0.39 is 5.97 Å². The molecule has 0 atom stereocenters. The molecule has 0 N–H and O–H groups in total. The summed E-state index contributed by atoms with van der Waals surface area (Å²) in [4.78, 5) is 16.9. The summed E-state index contributed by atoms with van der Waals surface area (Å²) < 4.78 is 16.8. The van der Waals surface area contributed by atoms with Crippen molar-refractivity contribution in [2.75, 3.05) is 7.11 Å². The lowest BCUT2D eigenvalue weighted by Gasteiger charge is -2.12. The molecule has 1 heterocycles. The number of nitrogens with zero attached hydrogens (tertiary/aromatic N) is 1. The second-order valence-electron chi connectivity index (χ2n) is 7.69. The minimum Gasteiger partial charge on any atom is -0.493 e. The average Bonchev–Trinajstić information content (AvgIpc) is 3.23. The lowest BCUT2D eigenvalue weighted by atomic mass is 10.1. The molecule has 0 aliphatic carbocycles. The molecule has 0 radical (unpaired) electrons. The number of rotatable bonds is 6. The molecular formula is C28H20ClNO4. The summed E-state index contributed by atoms with van der Waals surface area (Å²) >= 11 is 6.21. The van der Waals surface area contributed by atoms with Gasteiger partial charge in [-0.2, -0.15) is 0 Å². The van der Waals surface area contributed by atoms with Crippen LogP contribution in [0.5, 0.6) is 11.5 Å². The standard InChI is InChI=1S/C28H20ClNO4/c1-32-26-15-18(10-13-25(26)33-17-22-8-4-5-9-23(22)29)14-24-28(31)34-27(30-24)21-12-11-19-6-2-3-7-20(19)16-21/h2-16H,17H2,1H3/b24-14-. The zero-order chi connectivity index (χ0) is 23.5. The number of halogens is 1. The fourth-order valence-corrected chi connectivity index (χ4v) is 3.87. The monoisotopic (exact) mass is 469 g/mol.